The fourth-order valence-electron chi connectivity index (χ4n) is 1.83. The number of nitrogens with one attached hydrogen (secondary N) is 1. The molecule has 6 heteroatoms. The van der Waals surface area contributed by atoms with Crippen molar-refractivity contribution >= 4 is 17.3 Å². The number of anilines is 3. The highest BCUT2D eigenvalue weighted by Gasteiger charge is 2.07. The molecule has 2 aromatic rings. The zero-order valence-corrected chi connectivity index (χ0v) is 11.8. The standard InChI is InChI=1S/C14H18N4O2/c1-9-4-5-11(20-3)10(6-9)16-13-7-12(15)17-14(18-13)8-19-2/h4-7H,8H2,1-3H3,(H3,15,16,17,18). The number of methoxy groups -OCH3 is 2. The first-order valence-corrected chi connectivity index (χ1v) is 6.16. The van der Waals surface area contributed by atoms with Crippen LogP contribution in [-0.4, -0.2) is 24.2 Å². The van der Waals surface area contributed by atoms with E-state index in [1.807, 2.05) is 25.1 Å². The number of nitrogens with zero attached hydrogens (tertiary/aromatic N) is 2. The number of hydrogen-bond donors (Lipinski definition) is 2. The normalized spacial score (nSPS) is 10.3. The van der Waals surface area contributed by atoms with Crippen LogP contribution in [0.25, 0.3) is 0 Å². The van der Waals surface area contributed by atoms with Gasteiger partial charge in [0.05, 0.1) is 12.8 Å². The first kappa shape index (κ1) is 14.1. The molecule has 20 heavy (non-hydrogen) atoms. The Bertz CT molecular complexity index is 602. The maximum atomic E-state index is 5.77. The zero-order chi connectivity index (χ0) is 14.5. The molecule has 0 radical (unpaired) electrons. The molecule has 1 aromatic carbocycles. The molecule has 0 aliphatic carbocycles. The quantitative estimate of drug-likeness (QED) is 0.870. The Kier molecular flexibility index (Phi) is 4.37. The fraction of sp³-hybridized carbons (Fsp3) is 0.286. The van der Waals surface area contributed by atoms with Gasteiger partial charge in [-0.1, -0.05) is 6.07 Å². The third kappa shape index (κ3) is 3.36. The van der Waals surface area contributed by atoms with E-state index in [4.69, 9.17) is 15.2 Å². The Labute approximate surface area is 118 Å². The zero-order valence-electron chi connectivity index (χ0n) is 11.8. The van der Waals surface area contributed by atoms with Gasteiger partial charge in [-0.2, -0.15) is 0 Å². The maximum Gasteiger partial charge on any atom is 0.158 e. The van der Waals surface area contributed by atoms with E-state index in [0.717, 1.165) is 17.0 Å². The van der Waals surface area contributed by atoms with Gasteiger partial charge in [0.1, 0.15) is 24.0 Å². The topological polar surface area (TPSA) is 82.3 Å². The maximum absolute atomic E-state index is 5.77. The molecule has 0 aliphatic rings. The molecule has 1 heterocycles. The molecular weight excluding hydrogens is 256 g/mol. The van der Waals surface area contributed by atoms with Crippen molar-refractivity contribution in [2.75, 3.05) is 25.3 Å². The van der Waals surface area contributed by atoms with Crippen LogP contribution in [0, 0.1) is 6.92 Å². The number of ether oxygens (including phenoxy) is 2. The molecule has 1 aromatic heterocycles. The van der Waals surface area contributed by atoms with Crippen LogP contribution in [0.4, 0.5) is 17.3 Å². The first-order chi connectivity index (χ1) is 9.62. The lowest BCUT2D eigenvalue weighted by atomic mass is 10.2. The molecule has 0 unspecified atom stereocenters. The summed E-state index contributed by atoms with van der Waals surface area (Å²) >= 11 is 0. The second-order valence-electron chi connectivity index (χ2n) is 4.36. The number of aromatic nitrogens is 2. The van der Waals surface area contributed by atoms with Crippen LogP contribution in [0.2, 0.25) is 0 Å². The van der Waals surface area contributed by atoms with Gasteiger partial charge in [-0.3, -0.25) is 0 Å². The molecule has 0 saturated heterocycles. The van der Waals surface area contributed by atoms with Gasteiger partial charge < -0.3 is 20.5 Å². The Morgan fingerprint density at radius 1 is 1.20 bits per heavy atom. The predicted molar refractivity (Wildman–Crippen MR) is 78.2 cm³/mol. The molecule has 0 aliphatic heterocycles. The van der Waals surface area contributed by atoms with Gasteiger partial charge in [-0.15, -0.1) is 0 Å². The molecule has 0 atom stereocenters. The number of rotatable bonds is 5. The van der Waals surface area contributed by atoms with Gasteiger partial charge in [0, 0.05) is 13.2 Å². The van der Waals surface area contributed by atoms with Gasteiger partial charge in [-0.25, -0.2) is 9.97 Å². The van der Waals surface area contributed by atoms with Crippen molar-refractivity contribution in [2.45, 2.75) is 13.5 Å². The minimum atomic E-state index is 0.310. The van der Waals surface area contributed by atoms with Crippen LogP contribution in [-0.2, 0) is 11.3 Å². The van der Waals surface area contributed by atoms with Gasteiger partial charge >= 0.3 is 0 Å². The van der Waals surface area contributed by atoms with Crippen LogP contribution in [0.1, 0.15) is 11.4 Å². The van der Waals surface area contributed by atoms with E-state index in [2.05, 4.69) is 15.3 Å². The van der Waals surface area contributed by atoms with Gasteiger partial charge in [-0.05, 0) is 24.6 Å². The lowest BCUT2D eigenvalue weighted by Gasteiger charge is -2.12. The minimum absolute atomic E-state index is 0.310. The number of aryl methyl sites for hydroxylation is 1. The van der Waals surface area contributed by atoms with E-state index in [9.17, 15) is 0 Å². The number of nitrogens with two attached hydrogens (primary N) is 1. The lowest BCUT2D eigenvalue weighted by molar-refractivity contribution is 0.178. The van der Waals surface area contributed by atoms with Crippen molar-refractivity contribution in [1.82, 2.24) is 9.97 Å². The molecule has 0 fully saturated rings. The van der Waals surface area contributed by atoms with Crippen molar-refractivity contribution in [2.24, 2.45) is 0 Å². The average molecular weight is 274 g/mol. The monoisotopic (exact) mass is 274 g/mol. The van der Waals surface area contributed by atoms with Crippen molar-refractivity contribution in [3.05, 3.63) is 35.7 Å². The molecule has 0 amide bonds. The Morgan fingerprint density at radius 3 is 2.70 bits per heavy atom. The smallest absolute Gasteiger partial charge is 0.158 e. The molecule has 0 saturated carbocycles. The van der Waals surface area contributed by atoms with E-state index in [0.29, 0.717) is 24.1 Å². The summed E-state index contributed by atoms with van der Waals surface area (Å²) in [6.07, 6.45) is 0. The number of benzene rings is 1. The summed E-state index contributed by atoms with van der Waals surface area (Å²) in [5.74, 6) is 2.26. The second kappa shape index (κ2) is 6.21. The summed E-state index contributed by atoms with van der Waals surface area (Å²) in [6.45, 7) is 2.32. The molecular formula is C14H18N4O2. The van der Waals surface area contributed by atoms with Crippen molar-refractivity contribution < 1.29 is 9.47 Å². The van der Waals surface area contributed by atoms with Gasteiger partial charge in [0.2, 0.25) is 0 Å². The number of nitrogen functional groups attached to an aromatic ring is 1. The molecule has 2 rings (SSSR count). The summed E-state index contributed by atoms with van der Waals surface area (Å²) in [7, 11) is 3.21. The Morgan fingerprint density at radius 2 is 2.00 bits per heavy atom. The fourth-order valence-corrected chi connectivity index (χ4v) is 1.83. The highest BCUT2D eigenvalue weighted by molar-refractivity contribution is 5.66. The first-order valence-electron chi connectivity index (χ1n) is 6.16. The van der Waals surface area contributed by atoms with E-state index in [-0.39, 0.29) is 0 Å². The Balaban J connectivity index is 2.31. The highest BCUT2D eigenvalue weighted by atomic mass is 16.5. The van der Waals surface area contributed by atoms with Gasteiger partial charge in [0.25, 0.3) is 0 Å². The number of hydrogen-bond acceptors (Lipinski definition) is 6. The predicted octanol–water partition coefficient (Wildman–Crippen LogP) is 2.27. The van der Waals surface area contributed by atoms with Gasteiger partial charge in [0.15, 0.2) is 5.82 Å². The van der Waals surface area contributed by atoms with Crippen molar-refractivity contribution in [3.63, 3.8) is 0 Å². The molecule has 106 valence electrons. The highest BCUT2D eigenvalue weighted by Crippen LogP contribution is 2.28. The van der Waals surface area contributed by atoms with Crippen LogP contribution >= 0.6 is 0 Å². The third-order valence-corrected chi connectivity index (χ3v) is 2.68. The molecule has 6 nitrogen and oxygen atoms in total. The van der Waals surface area contributed by atoms with Crippen LogP contribution in [0.5, 0.6) is 5.75 Å². The van der Waals surface area contributed by atoms with E-state index in [1.165, 1.54) is 0 Å². The Hall–Kier alpha value is -2.34. The minimum Gasteiger partial charge on any atom is -0.495 e. The summed E-state index contributed by atoms with van der Waals surface area (Å²) in [4.78, 5) is 8.44. The van der Waals surface area contributed by atoms with E-state index >= 15 is 0 Å². The largest absolute Gasteiger partial charge is 0.495 e. The molecule has 0 spiro atoms. The lowest BCUT2D eigenvalue weighted by Crippen LogP contribution is -2.05. The average Bonchev–Trinajstić information content (AvgIpc) is 2.38. The summed E-state index contributed by atoms with van der Waals surface area (Å²) in [6, 6.07) is 7.53. The van der Waals surface area contributed by atoms with E-state index in [1.54, 1.807) is 20.3 Å². The molecule has 3 N–H and O–H groups in total. The van der Waals surface area contributed by atoms with E-state index < -0.39 is 0 Å². The third-order valence-electron chi connectivity index (χ3n) is 2.68. The van der Waals surface area contributed by atoms with Crippen LogP contribution in [0.3, 0.4) is 0 Å². The van der Waals surface area contributed by atoms with Crippen LogP contribution < -0.4 is 15.8 Å². The van der Waals surface area contributed by atoms with Crippen molar-refractivity contribution in [1.29, 1.82) is 0 Å². The summed E-state index contributed by atoms with van der Waals surface area (Å²) < 4.78 is 10.3. The summed E-state index contributed by atoms with van der Waals surface area (Å²) in [5, 5.41) is 3.19. The molecule has 0 bridgehead atoms. The van der Waals surface area contributed by atoms with Crippen LogP contribution in [0.15, 0.2) is 24.3 Å². The SMILES string of the molecule is COCc1nc(N)cc(Nc2cc(C)ccc2OC)n1. The summed E-state index contributed by atoms with van der Waals surface area (Å²) in [5.41, 5.74) is 7.71. The van der Waals surface area contributed by atoms with Crippen molar-refractivity contribution in [3.8, 4) is 5.75 Å². The second-order valence-corrected chi connectivity index (χ2v) is 4.36.